The summed E-state index contributed by atoms with van der Waals surface area (Å²) >= 11 is 0. The maximum Gasteiger partial charge on any atom is 0.310 e. The fourth-order valence-corrected chi connectivity index (χ4v) is 4.25. The third-order valence-corrected chi connectivity index (χ3v) is 5.85. The lowest BCUT2D eigenvalue weighted by atomic mass is 9.93. The number of morpholine rings is 1. The quantitative estimate of drug-likeness (QED) is 0.625. The molecule has 1 aromatic carbocycles. The lowest BCUT2D eigenvalue weighted by Crippen LogP contribution is -2.36. The average molecular weight is 424 g/mol. The van der Waals surface area contributed by atoms with Gasteiger partial charge in [0, 0.05) is 49.5 Å². The van der Waals surface area contributed by atoms with Crippen molar-refractivity contribution in [1.29, 1.82) is 0 Å². The predicted octanol–water partition coefficient (Wildman–Crippen LogP) is 3.20. The van der Waals surface area contributed by atoms with Gasteiger partial charge in [0.1, 0.15) is 17.1 Å². The fraction of sp³-hybridized carbons (Fsp3) is 0.455. The molecule has 0 radical (unpaired) electrons. The van der Waals surface area contributed by atoms with Gasteiger partial charge in [0.05, 0.1) is 24.8 Å². The van der Waals surface area contributed by atoms with E-state index in [1.807, 2.05) is 0 Å². The van der Waals surface area contributed by atoms with Crippen LogP contribution in [0.3, 0.4) is 0 Å². The molecule has 1 saturated carbocycles. The first-order valence-electron chi connectivity index (χ1n) is 10.7. The third-order valence-electron chi connectivity index (χ3n) is 5.85. The second-order valence-corrected chi connectivity index (χ2v) is 7.91. The van der Waals surface area contributed by atoms with Crippen LogP contribution in [0.2, 0.25) is 0 Å². The van der Waals surface area contributed by atoms with Crippen LogP contribution in [-0.4, -0.2) is 58.4 Å². The molecule has 0 amide bonds. The van der Waals surface area contributed by atoms with Crippen LogP contribution in [-0.2, 0) is 4.74 Å². The number of aromatic nitrogens is 4. The minimum atomic E-state index is -0.713. The highest BCUT2D eigenvalue weighted by Gasteiger charge is 2.24. The van der Waals surface area contributed by atoms with Crippen molar-refractivity contribution in [2.45, 2.75) is 37.8 Å². The Morgan fingerprint density at radius 1 is 1.00 bits per heavy atom. The molecular weight excluding hydrogens is 399 g/mol. The second kappa shape index (κ2) is 8.97. The van der Waals surface area contributed by atoms with Crippen LogP contribution in [0.4, 0.5) is 15.9 Å². The third kappa shape index (κ3) is 4.66. The molecule has 1 aliphatic heterocycles. The van der Waals surface area contributed by atoms with E-state index in [1.165, 1.54) is 6.20 Å². The molecular formula is C22H25FN6O2. The number of hydrogen-bond acceptors (Lipinski definition) is 8. The molecule has 5 rings (SSSR count). The van der Waals surface area contributed by atoms with E-state index in [1.54, 1.807) is 18.5 Å². The summed E-state index contributed by atoms with van der Waals surface area (Å²) in [5, 5.41) is 3.30. The molecule has 162 valence electrons. The summed E-state index contributed by atoms with van der Waals surface area (Å²) < 4.78 is 25.1. The smallest absolute Gasteiger partial charge is 0.310 e. The number of benzene rings is 1. The molecule has 0 atom stereocenters. The second-order valence-electron chi connectivity index (χ2n) is 7.91. The molecule has 2 fully saturated rings. The predicted molar refractivity (Wildman–Crippen MR) is 115 cm³/mol. The van der Waals surface area contributed by atoms with Crippen LogP contribution in [0.1, 0.15) is 25.7 Å². The van der Waals surface area contributed by atoms with Crippen LogP contribution in [0, 0.1) is 6.08 Å². The van der Waals surface area contributed by atoms with Crippen molar-refractivity contribution in [2.75, 3.05) is 36.5 Å². The van der Waals surface area contributed by atoms with E-state index in [9.17, 15) is 4.39 Å². The molecule has 1 aliphatic carbocycles. The molecule has 3 heterocycles. The van der Waals surface area contributed by atoms with E-state index in [0.717, 1.165) is 74.5 Å². The summed E-state index contributed by atoms with van der Waals surface area (Å²) in [7, 11) is 0. The van der Waals surface area contributed by atoms with Gasteiger partial charge in [0.2, 0.25) is 0 Å². The Labute approximate surface area is 179 Å². The van der Waals surface area contributed by atoms with Gasteiger partial charge in [-0.2, -0.15) is 9.37 Å². The number of nitrogens with one attached hydrogen (secondary N) is 1. The first-order valence-corrected chi connectivity index (χ1v) is 10.7. The molecule has 0 unspecified atom stereocenters. The SMILES string of the molecule is Fc1nccc(NC2CCC(Oc3cc(N4CCOCC4)cc4nccnc34)CC2)n1. The van der Waals surface area contributed by atoms with Gasteiger partial charge in [0.25, 0.3) is 0 Å². The summed E-state index contributed by atoms with van der Waals surface area (Å²) in [6.45, 7) is 3.15. The van der Waals surface area contributed by atoms with E-state index in [-0.39, 0.29) is 12.1 Å². The van der Waals surface area contributed by atoms with Gasteiger partial charge in [-0.1, -0.05) is 0 Å². The molecule has 2 aromatic heterocycles. The van der Waals surface area contributed by atoms with Crippen molar-refractivity contribution < 1.29 is 13.9 Å². The summed E-state index contributed by atoms with van der Waals surface area (Å²) in [5.74, 6) is 1.30. The van der Waals surface area contributed by atoms with Crippen molar-refractivity contribution >= 4 is 22.5 Å². The molecule has 3 aromatic rings. The zero-order valence-corrected chi connectivity index (χ0v) is 17.2. The van der Waals surface area contributed by atoms with Gasteiger partial charge in [0.15, 0.2) is 0 Å². The van der Waals surface area contributed by atoms with Crippen LogP contribution < -0.4 is 15.0 Å². The van der Waals surface area contributed by atoms with Gasteiger partial charge >= 0.3 is 6.08 Å². The van der Waals surface area contributed by atoms with E-state index < -0.39 is 6.08 Å². The van der Waals surface area contributed by atoms with Crippen LogP contribution in [0.15, 0.2) is 36.8 Å². The van der Waals surface area contributed by atoms with Gasteiger partial charge < -0.3 is 19.7 Å². The number of hydrogen-bond donors (Lipinski definition) is 1. The van der Waals surface area contributed by atoms with Crippen LogP contribution in [0.5, 0.6) is 5.75 Å². The van der Waals surface area contributed by atoms with Crippen molar-refractivity contribution in [3.63, 3.8) is 0 Å². The largest absolute Gasteiger partial charge is 0.488 e. The van der Waals surface area contributed by atoms with Crippen LogP contribution in [0.25, 0.3) is 11.0 Å². The Hall–Kier alpha value is -3.07. The van der Waals surface area contributed by atoms with Crippen molar-refractivity contribution in [3.05, 3.63) is 42.9 Å². The van der Waals surface area contributed by atoms with Gasteiger partial charge in [-0.3, -0.25) is 4.98 Å². The lowest BCUT2D eigenvalue weighted by Gasteiger charge is -2.31. The minimum Gasteiger partial charge on any atom is -0.488 e. The summed E-state index contributed by atoms with van der Waals surface area (Å²) in [4.78, 5) is 18.6. The molecule has 1 saturated heterocycles. The number of halogens is 1. The molecule has 8 nitrogen and oxygen atoms in total. The maximum absolute atomic E-state index is 13.2. The summed E-state index contributed by atoms with van der Waals surface area (Å²) in [6.07, 6.45) is 7.86. The Bertz CT molecular complexity index is 1040. The zero-order chi connectivity index (χ0) is 21.0. The molecule has 1 N–H and O–H groups in total. The highest BCUT2D eigenvalue weighted by atomic mass is 19.1. The Morgan fingerprint density at radius 3 is 2.61 bits per heavy atom. The first kappa shape index (κ1) is 19.9. The monoisotopic (exact) mass is 424 g/mol. The van der Waals surface area contributed by atoms with E-state index in [4.69, 9.17) is 9.47 Å². The minimum absolute atomic E-state index is 0.102. The maximum atomic E-state index is 13.2. The zero-order valence-electron chi connectivity index (χ0n) is 17.2. The standard InChI is InChI=1S/C22H25FN6O2/c23-22-26-6-5-20(28-22)27-15-1-3-17(4-2-15)31-19-14-16(29-9-11-30-12-10-29)13-18-21(19)25-8-7-24-18/h5-8,13-15,17H,1-4,9-12H2,(H,26,27,28). The van der Waals surface area contributed by atoms with Crippen molar-refractivity contribution in [1.82, 2.24) is 19.9 Å². The Kier molecular flexibility index (Phi) is 5.75. The average Bonchev–Trinajstić information content (AvgIpc) is 2.81. The normalized spacial score (nSPS) is 21.8. The number of anilines is 2. The van der Waals surface area contributed by atoms with E-state index in [2.05, 4.69) is 42.3 Å². The summed E-state index contributed by atoms with van der Waals surface area (Å²) in [6, 6.07) is 6.08. The lowest BCUT2D eigenvalue weighted by molar-refractivity contribution is 0.122. The van der Waals surface area contributed by atoms with Crippen molar-refractivity contribution in [3.8, 4) is 5.75 Å². The van der Waals surface area contributed by atoms with Gasteiger partial charge in [-0.15, -0.1) is 0 Å². The van der Waals surface area contributed by atoms with Gasteiger partial charge in [-0.05, 0) is 37.8 Å². The Morgan fingerprint density at radius 2 is 1.81 bits per heavy atom. The molecule has 0 spiro atoms. The molecule has 2 aliphatic rings. The van der Waals surface area contributed by atoms with Crippen LogP contribution >= 0.6 is 0 Å². The highest BCUT2D eigenvalue weighted by Crippen LogP contribution is 2.33. The summed E-state index contributed by atoms with van der Waals surface area (Å²) in [5.41, 5.74) is 2.71. The Balaban J connectivity index is 1.28. The topological polar surface area (TPSA) is 85.3 Å². The first-order chi connectivity index (χ1) is 15.2. The number of nitrogens with zero attached hydrogens (tertiary/aromatic N) is 5. The number of fused-ring (bicyclic) bond motifs is 1. The number of ether oxygens (including phenoxy) is 2. The molecule has 0 bridgehead atoms. The van der Waals surface area contributed by atoms with E-state index in [0.29, 0.717) is 5.82 Å². The van der Waals surface area contributed by atoms with Crippen molar-refractivity contribution in [2.24, 2.45) is 0 Å². The molecule has 9 heteroatoms. The molecule has 31 heavy (non-hydrogen) atoms. The van der Waals surface area contributed by atoms with Gasteiger partial charge in [-0.25, -0.2) is 9.97 Å². The number of rotatable bonds is 5. The fourth-order valence-electron chi connectivity index (χ4n) is 4.25. The highest BCUT2D eigenvalue weighted by molar-refractivity contribution is 5.85. The van der Waals surface area contributed by atoms with E-state index >= 15 is 0 Å².